The summed E-state index contributed by atoms with van der Waals surface area (Å²) in [6.45, 7) is 0. The van der Waals surface area contributed by atoms with Gasteiger partial charge in [0.05, 0.1) is 5.75 Å². The maximum absolute atomic E-state index is 11.3. The number of nitrogens with one attached hydrogen (secondary N) is 1. The Bertz CT molecular complexity index is 496. The Hall–Kier alpha value is -0.430. The van der Waals surface area contributed by atoms with Crippen molar-refractivity contribution in [3.05, 3.63) is 21.9 Å². The summed E-state index contributed by atoms with van der Waals surface area (Å²) in [5, 5.41) is 2.12. The topological polar surface area (TPSA) is 72.2 Å². The molecule has 3 N–H and O–H groups in total. The van der Waals surface area contributed by atoms with Crippen LogP contribution in [0.3, 0.4) is 0 Å². The molecule has 1 aromatic rings. The van der Waals surface area contributed by atoms with Crippen molar-refractivity contribution in [1.82, 2.24) is 5.43 Å². The number of hydrazine groups is 1. The minimum Gasteiger partial charge on any atom is -0.271 e. The first-order valence-corrected chi connectivity index (χ1v) is 9.15. The van der Waals surface area contributed by atoms with E-state index in [0.29, 0.717) is 12.3 Å². The molecule has 2 rings (SSSR count). The summed E-state index contributed by atoms with van der Waals surface area (Å²) in [4.78, 5) is 1.44. The molecule has 0 saturated heterocycles. The maximum atomic E-state index is 11.3. The van der Waals surface area contributed by atoms with Crippen LogP contribution in [0, 0.1) is 0 Å². The van der Waals surface area contributed by atoms with Gasteiger partial charge in [0.2, 0.25) is 0 Å². The minimum absolute atomic E-state index is 0.0494. The van der Waals surface area contributed by atoms with Gasteiger partial charge in [0.15, 0.2) is 0 Å². The quantitative estimate of drug-likeness (QED) is 0.635. The Morgan fingerprint density at radius 2 is 2.39 bits per heavy atom. The van der Waals surface area contributed by atoms with Gasteiger partial charge in [0.1, 0.15) is 9.84 Å². The second kappa shape index (κ2) is 5.69. The molecule has 1 aliphatic carbocycles. The van der Waals surface area contributed by atoms with Crippen molar-refractivity contribution in [2.24, 2.45) is 5.84 Å². The smallest absolute Gasteiger partial charge is 0.147 e. The van der Waals surface area contributed by atoms with E-state index in [1.54, 1.807) is 11.3 Å². The molecule has 0 saturated carbocycles. The largest absolute Gasteiger partial charge is 0.271 e. The molecule has 2 atom stereocenters. The number of thiophene rings is 1. The van der Waals surface area contributed by atoms with E-state index in [-0.39, 0.29) is 11.8 Å². The van der Waals surface area contributed by atoms with Crippen LogP contribution in [-0.4, -0.2) is 26.5 Å². The van der Waals surface area contributed by atoms with Crippen LogP contribution >= 0.6 is 11.3 Å². The lowest BCUT2D eigenvalue weighted by atomic mass is 9.82. The van der Waals surface area contributed by atoms with Crippen molar-refractivity contribution in [1.29, 1.82) is 0 Å². The van der Waals surface area contributed by atoms with E-state index in [9.17, 15) is 8.42 Å². The molecule has 0 bridgehead atoms. The van der Waals surface area contributed by atoms with Gasteiger partial charge in [-0.25, -0.2) is 8.42 Å². The molecule has 0 fully saturated rings. The predicted molar refractivity (Wildman–Crippen MR) is 75.4 cm³/mol. The summed E-state index contributed by atoms with van der Waals surface area (Å²) in [5.41, 5.74) is 4.18. The van der Waals surface area contributed by atoms with Crippen LogP contribution in [-0.2, 0) is 16.3 Å². The molecular weight excluding hydrogens is 268 g/mol. The molecule has 6 heteroatoms. The lowest BCUT2D eigenvalue weighted by Gasteiger charge is -2.30. The van der Waals surface area contributed by atoms with Crippen molar-refractivity contribution in [3.63, 3.8) is 0 Å². The Kier molecular flexibility index (Phi) is 4.42. The van der Waals surface area contributed by atoms with E-state index in [4.69, 9.17) is 5.84 Å². The SMILES string of the molecule is CS(=O)(=O)CCC(NN)C1CCCc2sccc21. The number of sulfone groups is 1. The summed E-state index contributed by atoms with van der Waals surface area (Å²) in [6.07, 6.45) is 5.25. The molecule has 0 radical (unpaired) electrons. The highest BCUT2D eigenvalue weighted by Crippen LogP contribution is 2.37. The highest BCUT2D eigenvalue weighted by atomic mass is 32.2. The Balaban J connectivity index is 2.10. The monoisotopic (exact) mass is 288 g/mol. The zero-order valence-electron chi connectivity index (χ0n) is 10.6. The minimum atomic E-state index is -2.92. The molecule has 1 heterocycles. The molecule has 0 amide bonds. The number of aryl methyl sites for hydroxylation is 1. The number of fused-ring (bicyclic) bond motifs is 1. The van der Waals surface area contributed by atoms with Crippen molar-refractivity contribution in [3.8, 4) is 0 Å². The van der Waals surface area contributed by atoms with Crippen LogP contribution in [0.2, 0.25) is 0 Å². The zero-order chi connectivity index (χ0) is 13.2. The summed E-state index contributed by atoms with van der Waals surface area (Å²) in [7, 11) is -2.92. The highest BCUT2D eigenvalue weighted by molar-refractivity contribution is 7.90. The first kappa shape index (κ1) is 14.0. The molecular formula is C12H20N2O2S2. The normalized spacial score (nSPS) is 21.6. The number of nitrogens with two attached hydrogens (primary N) is 1. The van der Waals surface area contributed by atoms with Crippen LogP contribution in [0.1, 0.15) is 35.6 Å². The number of hydrogen-bond acceptors (Lipinski definition) is 5. The average molecular weight is 288 g/mol. The van der Waals surface area contributed by atoms with E-state index in [1.165, 1.54) is 16.7 Å². The fourth-order valence-corrected chi connectivity index (χ4v) is 4.36. The Labute approximate surface area is 112 Å². The molecule has 0 aromatic carbocycles. The molecule has 1 aliphatic rings. The molecule has 18 heavy (non-hydrogen) atoms. The molecule has 2 unspecified atom stereocenters. The van der Waals surface area contributed by atoms with Gasteiger partial charge >= 0.3 is 0 Å². The van der Waals surface area contributed by atoms with Gasteiger partial charge in [0.25, 0.3) is 0 Å². The van der Waals surface area contributed by atoms with E-state index in [2.05, 4.69) is 16.9 Å². The van der Waals surface area contributed by atoms with Crippen LogP contribution in [0.5, 0.6) is 0 Å². The summed E-state index contributed by atoms with van der Waals surface area (Å²) < 4.78 is 22.5. The van der Waals surface area contributed by atoms with Gasteiger partial charge in [-0.05, 0) is 42.7 Å². The number of hydrogen-bond donors (Lipinski definition) is 2. The van der Waals surface area contributed by atoms with E-state index < -0.39 is 9.84 Å². The van der Waals surface area contributed by atoms with Crippen LogP contribution < -0.4 is 11.3 Å². The molecule has 1 aromatic heterocycles. The number of rotatable bonds is 5. The van der Waals surface area contributed by atoms with Gasteiger partial charge in [-0.1, -0.05) is 0 Å². The fraction of sp³-hybridized carbons (Fsp3) is 0.667. The average Bonchev–Trinajstić information content (AvgIpc) is 2.77. The highest BCUT2D eigenvalue weighted by Gasteiger charge is 2.28. The van der Waals surface area contributed by atoms with Crippen molar-refractivity contribution >= 4 is 21.2 Å². The third kappa shape index (κ3) is 3.32. The summed E-state index contributed by atoms with van der Waals surface area (Å²) >= 11 is 1.79. The second-order valence-corrected chi connectivity index (χ2v) is 8.25. The van der Waals surface area contributed by atoms with Crippen molar-refractivity contribution < 1.29 is 8.42 Å². The first-order chi connectivity index (χ1) is 8.51. The van der Waals surface area contributed by atoms with Crippen LogP contribution in [0.15, 0.2) is 11.4 Å². The van der Waals surface area contributed by atoms with Gasteiger partial charge in [-0.3, -0.25) is 11.3 Å². The van der Waals surface area contributed by atoms with E-state index in [1.807, 2.05) is 0 Å². The molecule has 0 aliphatic heterocycles. The van der Waals surface area contributed by atoms with Gasteiger partial charge < -0.3 is 0 Å². The maximum Gasteiger partial charge on any atom is 0.147 e. The Morgan fingerprint density at radius 3 is 3.06 bits per heavy atom. The van der Waals surface area contributed by atoms with E-state index >= 15 is 0 Å². The molecule has 0 spiro atoms. The molecule has 102 valence electrons. The fourth-order valence-electron chi connectivity index (χ4n) is 2.68. The lowest BCUT2D eigenvalue weighted by molar-refractivity contribution is 0.390. The van der Waals surface area contributed by atoms with Crippen LogP contribution in [0.4, 0.5) is 0 Å². The Morgan fingerprint density at radius 1 is 1.61 bits per heavy atom. The third-order valence-electron chi connectivity index (χ3n) is 3.60. The second-order valence-electron chi connectivity index (χ2n) is 4.99. The van der Waals surface area contributed by atoms with Gasteiger partial charge in [-0.15, -0.1) is 11.3 Å². The first-order valence-electron chi connectivity index (χ1n) is 6.21. The van der Waals surface area contributed by atoms with E-state index in [0.717, 1.165) is 19.3 Å². The third-order valence-corrected chi connectivity index (χ3v) is 5.57. The molecule has 4 nitrogen and oxygen atoms in total. The predicted octanol–water partition coefficient (Wildman–Crippen LogP) is 1.43. The van der Waals surface area contributed by atoms with Gasteiger partial charge in [0, 0.05) is 23.1 Å². The summed E-state index contributed by atoms with van der Waals surface area (Å²) in [6, 6.07) is 2.21. The van der Waals surface area contributed by atoms with Crippen molar-refractivity contribution in [2.45, 2.75) is 37.6 Å². The summed E-state index contributed by atoms with van der Waals surface area (Å²) in [5.74, 6) is 6.16. The lowest BCUT2D eigenvalue weighted by Crippen LogP contribution is -2.41. The van der Waals surface area contributed by atoms with Crippen LogP contribution in [0.25, 0.3) is 0 Å². The standard InChI is InChI=1S/C12H20N2O2S2/c1-18(15,16)8-6-11(14-13)9-3-2-4-12-10(9)5-7-17-12/h5,7,9,11,14H,2-4,6,8,13H2,1H3. The van der Waals surface area contributed by atoms with Gasteiger partial charge in [-0.2, -0.15) is 0 Å². The van der Waals surface area contributed by atoms with Crippen molar-refractivity contribution in [2.75, 3.05) is 12.0 Å². The zero-order valence-corrected chi connectivity index (χ0v) is 12.2.